The molecule has 0 aliphatic heterocycles. The standard InChI is InChI=1S/C22H22ClNO4S/c1-27-20-9-3-17(4-10-20)15-24(16-18-5-11-21(28-2)12-6-18)29(25,26)22-13-7-19(23)8-14-22/h3-14H,15-16H2,1-2H3. The molecule has 0 saturated carbocycles. The van der Waals surface area contributed by atoms with E-state index in [9.17, 15) is 8.42 Å². The van der Waals surface area contributed by atoms with Gasteiger partial charge in [-0.3, -0.25) is 0 Å². The smallest absolute Gasteiger partial charge is 0.243 e. The third-order valence-corrected chi connectivity index (χ3v) is 6.55. The average Bonchev–Trinajstić information content (AvgIpc) is 2.74. The predicted octanol–water partition coefficient (Wildman–Crippen LogP) is 4.75. The van der Waals surface area contributed by atoms with E-state index in [1.807, 2.05) is 48.5 Å². The average molecular weight is 432 g/mol. The number of nitrogens with zero attached hydrogens (tertiary/aromatic N) is 1. The summed E-state index contributed by atoms with van der Waals surface area (Å²) in [7, 11) is -0.547. The highest BCUT2D eigenvalue weighted by molar-refractivity contribution is 7.89. The second kappa shape index (κ2) is 9.31. The summed E-state index contributed by atoms with van der Waals surface area (Å²) in [5.74, 6) is 1.44. The zero-order valence-corrected chi connectivity index (χ0v) is 17.8. The van der Waals surface area contributed by atoms with Gasteiger partial charge in [-0.1, -0.05) is 35.9 Å². The van der Waals surface area contributed by atoms with Gasteiger partial charge in [0.15, 0.2) is 0 Å². The number of benzene rings is 3. The van der Waals surface area contributed by atoms with Gasteiger partial charge in [0.05, 0.1) is 19.1 Å². The molecule has 5 nitrogen and oxygen atoms in total. The first-order chi connectivity index (χ1) is 13.9. The van der Waals surface area contributed by atoms with Gasteiger partial charge < -0.3 is 9.47 Å². The van der Waals surface area contributed by atoms with Crippen LogP contribution in [0.1, 0.15) is 11.1 Å². The molecule has 0 radical (unpaired) electrons. The largest absolute Gasteiger partial charge is 0.497 e. The Morgan fingerprint density at radius 2 is 1.14 bits per heavy atom. The van der Waals surface area contributed by atoms with Gasteiger partial charge in [-0.2, -0.15) is 4.31 Å². The first-order valence-corrected chi connectivity index (χ1v) is 10.8. The highest BCUT2D eigenvalue weighted by Crippen LogP contribution is 2.24. The van der Waals surface area contributed by atoms with Crippen molar-refractivity contribution in [2.24, 2.45) is 0 Å². The van der Waals surface area contributed by atoms with Gasteiger partial charge in [0.25, 0.3) is 0 Å². The summed E-state index contributed by atoms with van der Waals surface area (Å²) in [5, 5.41) is 0.487. The van der Waals surface area contributed by atoms with Gasteiger partial charge in [-0.05, 0) is 59.7 Å². The van der Waals surface area contributed by atoms with Crippen molar-refractivity contribution in [2.45, 2.75) is 18.0 Å². The van der Waals surface area contributed by atoms with E-state index in [0.29, 0.717) is 5.02 Å². The van der Waals surface area contributed by atoms with Crippen LogP contribution in [-0.4, -0.2) is 26.9 Å². The maximum absolute atomic E-state index is 13.3. The van der Waals surface area contributed by atoms with Crippen LogP contribution < -0.4 is 9.47 Å². The number of sulfonamides is 1. The molecule has 29 heavy (non-hydrogen) atoms. The van der Waals surface area contributed by atoms with Gasteiger partial charge in [-0.25, -0.2) is 8.42 Å². The molecule has 0 spiro atoms. The monoisotopic (exact) mass is 431 g/mol. The molecule has 0 unspecified atom stereocenters. The number of rotatable bonds is 8. The SMILES string of the molecule is COc1ccc(CN(Cc2ccc(OC)cc2)S(=O)(=O)c2ccc(Cl)cc2)cc1. The highest BCUT2D eigenvalue weighted by Gasteiger charge is 2.25. The van der Waals surface area contributed by atoms with Gasteiger partial charge in [-0.15, -0.1) is 0 Å². The van der Waals surface area contributed by atoms with Crippen LogP contribution in [0.2, 0.25) is 5.02 Å². The van der Waals surface area contributed by atoms with Crippen LogP contribution >= 0.6 is 11.6 Å². The molecule has 0 heterocycles. The lowest BCUT2D eigenvalue weighted by Gasteiger charge is -2.23. The van der Waals surface area contributed by atoms with Crippen LogP contribution in [0, 0.1) is 0 Å². The molecule has 152 valence electrons. The number of hydrogen-bond donors (Lipinski definition) is 0. The molecule has 0 bridgehead atoms. The third-order valence-electron chi connectivity index (χ3n) is 4.49. The lowest BCUT2D eigenvalue weighted by atomic mass is 10.2. The van der Waals surface area contributed by atoms with Crippen molar-refractivity contribution in [1.29, 1.82) is 0 Å². The first-order valence-electron chi connectivity index (χ1n) is 8.94. The van der Waals surface area contributed by atoms with Crippen LogP contribution in [-0.2, 0) is 23.1 Å². The molecule has 0 amide bonds. The molecule has 0 aliphatic rings. The van der Waals surface area contributed by atoms with E-state index >= 15 is 0 Å². The van der Waals surface area contributed by atoms with Crippen molar-refractivity contribution < 1.29 is 17.9 Å². The highest BCUT2D eigenvalue weighted by atomic mass is 35.5. The topological polar surface area (TPSA) is 55.8 Å². The molecular formula is C22H22ClNO4S. The van der Waals surface area contributed by atoms with E-state index < -0.39 is 10.0 Å². The fraction of sp³-hybridized carbons (Fsp3) is 0.182. The zero-order chi connectivity index (χ0) is 20.9. The maximum atomic E-state index is 13.3. The van der Waals surface area contributed by atoms with Crippen molar-refractivity contribution >= 4 is 21.6 Å². The van der Waals surface area contributed by atoms with E-state index in [1.165, 1.54) is 16.4 Å². The minimum absolute atomic E-state index is 0.198. The van der Waals surface area contributed by atoms with E-state index in [2.05, 4.69) is 0 Å². The predicted molar refractivity (Wildman–Crippen MR) is 114 cm³/mol. The molecule has 0 N–H and O–H groups in total. The van der Waals surface area contributed by atoms with Crippen molar-refractivity contribution in [2.75, 3.05) is 14.2 Å². The van der Waals surface area contributed by atoms with Gasteiger partial charge in [0.2, 0.25) is 10.0 Å². The van der Waals surface area contributed by atoms with E-state index in [0.717, 1.165) is 22.6 Å². The number of hydrogen-bond acceptors (Lipinski definition) is 4. The molecule has 7 heteroatoms. The Morgan fingerprint density at radius 1 is 0.724 bits per heavy atom. The number of methoxy groups -OCH3 is 2. The summed E-state index contributed by atoms with van der Waals surface area (Å²) in [4.78, 5) is 0.198. The summed E-state index contributed by atoms with van der Waals surface area (Å²) in [6, 6.07) is 20.9. The minimum Gasteiger partial charge on any atom is -0.497 e. The molecule has 0 aliphatic carbocycles. The molecule has 0 saturated heterocycles. The maximum Gasteiger partial charge on any atom is 0.243 e. The first kappa shape index (κ1) is 21.2. The summed E-state index contributed by atoms with van der Waals surface area (Å²) in [6.07, 6.45) is 0. The van der Waals surface area contributed by atoms with Crippen LogP contribution in [0.4, 0.5) is 0 Å². The summed E-state index contributed by atoms with van der Waals surface area (Å²) in [5.41, 5.74) is 1.72. The lowest BCUT2D eigenvalue weighted by Crippen LogP contribution is -2.30. The fourth-order valence-electron chi connectivity index (χ4n) is 2.85. The van der Waals surface area contributed by atoms with Crippen LogP contribution in [0.25, 0.3) is 0 Å². The van der Waals surface area contributed by atoms with Crippen molar-refractivity contribution in [3.8, 4) is 11.5 Å². The summed E-state index contributed by atoms with van der Waals surface area (Å²) < 4.78 is 38.5. The van der Waals surface area contributed by atoms with E-state index in [-0.39, 0.29) is 18.0 Å². The van der Waals surface area contributed by atoms with Crippen molar-refractivity contribution in [3.63, 3.8) is 0 Å². The Hall–Kier alpha value is -2.54. The van der Waals surface area contributed by atoms with E-state index in [4.69, 9.17) is 21.1 Å². The Labute approximate surface area is 176 Å². The quantitative estimate of drug-likeness (QED) is 0.516. The van der Waals surface area contributed by atoms with E-state index in [1.54, 1.807) is 26.4 Å². The van der Waals surface area contributed by atoms with Crippen LogP contribution in [0.3, 0.4) is 0 Å². The summed E-state index contributed by atoms with van der Waals surface area (Å²) >= 11 is 5.93. The normalized spacial score (nSPS) is 11.4. The molecule has 3 aromatic rings. The second-order valence-corrected chi connectivity index (χ2v) is 8.80. The molecule has 0 fully saturated rings. The minimum atomic E-state index is -3.73. The van der Waals surface area contributed by atoms with Crippen molar-refractivity contribution in [3.05, 3.63) is 88.9 Å². The van der Waals surface area contributed by atoms with Gasteiger partial charge >= 0.3 is 0 Å². The zero-order valence-electron chi connectivity index (χ0n) is 16.2. The van der Waals surface area contributed by atoms with Crippen LogP contribution in [0.15, 0.2) is 77.7 Å². The number of ether oxygens (including phenoxy) is 2. The van der Waals surface area contributed by atoms with Gasteiger partial charge in [0, 0.05) is 18.1 Å². The van der Waals surface area contributed by atoms with Crippen molar-refractivity contribution in [1.82, 2.24) is 4.31 Å². The summed E-state index contributed by atoms with van der Waals surface area (Å²) in [6.45, 7) is 0.446. The Kier molecular flexibility index (Phi) is 6.79. The fourth-order valence-corrected chi connectivity index (χ4v) is 4.39. The molecule has 0 atom stereocenters. The molecular weight excluding hydrogens is 410 g/mol. The number of halogens is 1. The third kappa shape index (κ3) is 5.29. The van der Waals surface area contributed by atoms with Gasteiger partial charge in [0.1, 0.15) is 11.5 Å². The Balaban J connectivity index is 1.93. The Morgan fingerprint density at radius 3 is 1.52 bits per heavy atom. The van der Waals surface area contributed by atoms with Crippen LogP contribution in [0.5, 0.6) is 11.5 Å². The Bertz CT molecular complexity index is 984. The molecule has 3 aromatic carbocycles. The molecule has 3 rings (SSSR count). The second-order valence-electron chi connectivity index (χ2n) is 6.42. The molecule has 0 aromatic heterocycles. The lowest BCUT2D eigenvalue weighted by molar-refractivity contribution is 0.397.